The van der Waals surface area contributed by atoms with Gasteiger partial charge in [-0.2, -0.15) is 4.98 Å². The number of carbonyl (C=O) groups is 2. The highest BCUT2D eigenvalue weighted by Gasteiger charge is 2.51. The molecular weight excluding hydrogens is 274 g/mol. The Labute approximate surface area is 122 Å². The number of aryl methyl sites for hydroxylation is 1. The Morgan fingerprint density at radius 2 is 2.00 bits per heavy atom. The predicted molar refractivity (Wildman–Crippen MR) is 71.2 cm³/mol. The van der Waals surface area contributed by atoms with Crippen LogP contribution < -0.4 is 5.32 Å². The van der Waals surface area contributed by atoms with Crippen LogP contribution in [0.25, 0.3) is 0 Å². The van der Waals surface area contributed by atoms with Crippen molar-refractivity contribution in [1.29, 1.82) is 0 Å². The van der Waals surface area contributed by atoms with E-state index >= 15 is 0 Å². The van der Waals surface area contributed by atoms with Crippen LogP contribution in [0.4, 0.5) is 0 Å². The third kappa shape index (κ3) is 2.64. The molecule has 2 unspecified atom stereocenters. The standard InChI is InChI=1S/C14H19N3O4/c1-8-15-13(17-21-8)14(5-3-2-4-6-14)16-11(18)9-7-10(9)12(19)20/h9-10H,2-7H2,1H3,(H,16,18)(H,19,20). The fraction of sp³-hybridized carbons (Fsp3) is 0.714. The van der Waals surface area contributed by atoms with Crippen LogP contribution in [0.15, 0.2) is 4.52 Å². The minimum Gasteiger partial charge on any atom is -0.481 e. The molecule has 0 aromatic carbocycles. The van der Waals surface area contributed by atoms with Crippen LogP contribution in [-0.2, 0) is 15.1 Å². The molecule has 0 radical (unpaired) electrons. The first-order chi connectivity index (χ1) is 10.0. The predicted octanol–water partition coefficient (Wildman–Crippen LogP) is 1.37. The van der Waals surface area contributed by atoms with Crippen LogP contribution in [0.3, 0.4) is 0 Å². The second-order valence-electron chi connectivity index (χ2n) is 6.06. The van der Waals surface area contributed by atoms with Crippen molar-refractivity contribution in [2.24, 2.45) is 11.8 Å². The quantitative estimate of drug-likeness (QED) is 0.868. The number of carboxylic acid groups (broad SMARTS) is 1. The summed E-state index contributed by atoms with van der Waals surface area (Å²) in [7, 11) is 0. The Kier molecular flexibility index (Phi) is 3.43. The van der Waals surface area contributed by atoms with Gasteiger partial charge in [0.25, 0.3) is 0 Å². The van der Waals surface area contributed by atoms with Gasteiger partial charge >= 0.3 is 5.97 Å². The van der Waals surface area contributed by atoms with E-state index in [0.29, 0.717) is 18.1 Å². The fourth-order valence-electron chi connectivity index (χ4n) is 3.14. The minimum atomic E-state index is -0.900. The molecule has 2 atom stereocenters. The van der Waals surface area contributed by atoms with Gasteiger partial charge in [-0.25, -0.2) is 0 Å². The number of aromatic nitrogens is 2. The highest BCUT2D eigenvalue weighted by Crippen LogP contribution is 2.41. The number of amides is 1. The van der Waals surface area contributed by atoms with Crippen molar-refractivity contribution in [1.82, 2.24) is 15.5 Å². The summed E-state index contributed by atoms with van der Waals surface area (Å²) >= 11 is 0. The van der Waals surface area contributed by atoms with Gasteiger partial charge in [-0.1, -0.05) is 24.4 Å². The van der Waals surface area contributed by atoms with E-state index in [0.717, 1.165) is 32.1 Å². The Morgan fingerprint density at radius 1 is 1.29 bits per heavy atom. The Morgan fingerprint density at radius 3 is 2.52 bits per heavy atom. The van der Waals surface area contributed by atoms with Gasteiger partial charge in [-0.05, 0) is 19.3 Å². The molecule has 0 spiro atoms. The monoisotopic (exact) mass is 293 g/mol. The summed E-state index contributed by atoms with van der Waals surface area (Å²) in [5.41, 5.74) is -0.598. The van der Waals surface area contributed by atoms with Gasteiger partial charge in [0.2, 0.25) is 11.8 Å². The van der Waals surface area contributed by atoms with Gasteiger partial charge in [-0.15, -0.1) is 0 Å². The number of nitrogens with one attached hydrogen (secondary N) is 1. The SMILES string of the molecule is Cc1nc(C2(NC(=O)C3CC3C(=O)O)CCCCC2)no1. The number of carbonyl (C=O) groups excluding carboxylic acids is 1. The van der Waals surface area contributed by atoms with Crippen molar-refractivity contribution in [2.75, 3.05) is 0 Å². The van der Waals surface area contributed by atoms with Gasteiger partial charge in [0.05, 0.1) is 11.8 Å². The zero-order valence-corrected chi connectivity index (χ0v) is 12.0. The maximum atomic E-state index is 12.3. The maximum Gasteiger partial charge on any atom is 0.307 e. The molecule has 0 bridgehead atoms. The van der Waals surface area contributed by atoms with Gasteiger partial charge < -0.3 is 14.9 Å². The van der Waals surface area contributed by atoms with Gasteiger partial charge in [0.15, 0.2) is 5.82 Å². The first-order valence-corrected chi connectivity index (χ1v) is 7.37. The number of carboxylic acids is 1. The van der Waals surface area contributed by atoms with Gasteiger partial charge in [0.1, 0.15) is 5.54 Å². The van der Waals surface area contributed by atoms with E-state index in [9.17, 15) is 9.59 Å². The average molecular weight is 293 g/mol. The number of rotatable bonds is 4. The highest BCUT2D eigenvalue weighted by molar-refractivity contribution is 5.89. The minimum absolute atomic E-state index is 0.202. The summed E-state index contributed by atoms with van der Waals surface area (Å²) in [6.07, 6.45) is 5.05. The molecule has 21 heavy (non-hydrogen) atoms. The van der Waals surface area contributed by atoms with E-state index in [1.54, 1.807) is 6.92 Å². The lowest BCUT2D eigenvalue weighted by Crippen LogP contribution is -2.48. The van der Waals surface area contributed by atoms with E-state index in [-0.39, 0.29) is 5.91 Å². The van der Waals surface area contributed by atoms with Crippen molar-refractivity contribution in [3.05, 3.63) is 11.7 Å². The summed E-state index contributed by atoms with van der Waals surface area (Å²) in [6.45, 7) is 1.72. The zero-order chi connectivity index (χ0) is 15.0. The van der Waals surface area contributed by atoms with E-state index in [2.05, 4.69) is 15.5 Å². The molecule has 2 aliphatic carbocycles. The fourth-order valence-corrected chi connectivity index (χ4v) is 3.14. The number of hydrogen-bond acceptors (Lipinski definition) is 5. The topological polar surface area (TPSA) is 105 Å². The second kappa shape index (κ2) is 5.13. The molecule has 2 fully saturated rings. The lowest BCUT2D eigenvalue weighted by atomic mass is 9.80. The zero-order valence-electron chi connectivity index (χ0n) is 12.0. The third-order valence-electron chi connectivity index (χ3n) is 4.47. The molecule has 0 aliphatic heterocycles. The van der Waals surface area contributed by atoms with Crippen molar-refractivity contribution in [3.8, 4) is 0 Å². The van der Waals surface area contributed by atoms with E-state index in [4.69, 9.17) is 9.63 Å². The summed E-state index contributed by atoms with van der Waals surface area (Å²) in [6, 6.07) is 0. The van der Waals surface area contributed by atoms with Crippen LogP contribution in [0, 0.1) is 18.8 Å². The van der Waals surface area contributed by atoms with E-state index in [1.165, 1.54) is 0 Å². The number of nitrogens with zero attached hydrogens (tertiary/aromatic N) is 2. The van der Waals surface area contributed by atoms with Crippen LogP contribution in [0.5, 0.6) is 0 Å². The molecule has 2 aliphatic rings. The Bertz CT molecular complexity index is 562. The molecular formula is C14H19N3O4. The first-order valence-electron chi connectivity index (χ1n) is 7.37. The van der Waals surface area contributed by atoms with Gasteiger partial charge in [0, 0.05) is 6.92 Å². The molecule has 7 nitrogen and oxygen atoms in total. The van der Waals surface area contributed by atoms with Crippen LogP contribution in [-0.4, -0.2) is 27.1 Å². The van der Waals surface area contributed by atoms with Crippen molar-refractivity contribution >= 4 is 11.9 Å². The smallest absolute Gasteiger partial charge is 0.307 e. The molecule has 1 amide bonds. The van der Waals surface area contributed by atoms with Crippen LogP contribution in [0.2, 0.25) is 0 Å². The summed E-state index contributed by atoms with van der Waals surface area (Å²) < 4.78 is 5.05. The first kappa shape index (κ1) is 14.0. The molecule has 7 heteroatoms. The summed E-state index contributed by atoms with van der Waals surface area (Å²) in [5, 5.41) is 15.9. The normalized spacial score (nSPS) is 27.1. The number of aliphatic carboxylic acids is 1. The molecule has 1 aromatic heterocycles. The molecule has 3 rings (SSSR count). The van der Waals surface area contributed by atoms with Gasteiger partial charge in [-0.3, -0.25) is 9.59 Å². The lowest BCUT2D eigenvalue weighted by Gasteiger charge is -2.35. The average Bonchev–Trinajstić information content (AvgIpc) is 3.15. The van der Waals surface area contributed by atoms with E-state index in [1.807, 2.05) is 0 Å². The Hall–Kier alpha value is -1.92. The molecule has 0 saturated heterocycles. The van der Waals surface area contributed by atoms with Crippen molar-refractivity contribution < 1.29 is 19.2 Å². The van der Waals surface area contributed by atoms with Crippen molar-refractivity contribution in [2.45, 2.75) is 51.0 Å². The summed E-state index contributed by atoms with van der Waals surface area (Å²) in [4.78, 5) is 27.5. The summed E-state index contributed by atoms with van der Waals surface area (Å²) in [5.74, 6) is -1.08. The van der Waals surface area contributed by atoms with Crippen LogP contribution in [0.1, 0.15) is 50.2 Å². The third-order valence-corrected chi connectivity index (χ3v) is 4.47. The molecule has 114 valence electrons. The maximum absolute atomic E-state index is 12.3. The lowest BCUT2D eigenvalue weighted by molar-refractivity contribution is -0.140. The highest BCUT2D eigenvalue weighted by atomic mass is 16.5. The number of hydrogen-bond donors (Lipinski definition) is 2. The molecule has 2 N–H and O–H groups in total. The molecule has 2 saturated carbocycles. The van der Waals surface area contributed by atoms with Crippen LogP contribution >= 0.6 is 0 Å². The Balaban J connectivity index is 1.77. The second-order valence-corrected chi connectivity index (χ2v) is 6.06. The van der Waals surface area contributed by atoms with Crippen molar-refractivity contribution in [3.63, 3.8) is 0 Å². The molecule has 1 heterocycles. The molecule has 1 aromatic rings. The van der Waals surface area contributed by atoms with E-state index < -0.39 is 23.3 Å². The largest absolute Gasteiger partial charge is 0.481 e.